The van der Waals surface area contributed by atoms with Crippen molar-refractivity contribution in [2.75, 3.05) is 16.3 Å². The molecular formula is C20H24N2O. The lowest BCUT2D eigenvalue weighted by atomic mass is 9.90. The van der Waals surface area contributed by atoms with Crippen LogP contribution in [0.3, 0.4) is 0 Å². The highest BCUT2D eigenvalue weighted by atomic mass is 16.2. The normalized spacial score (nSPS) is 20.0. The molecular weight excluding hydrogens is 284 g/mol. The van der Waals surface area contributed by atoms with E-state index in [-0.39, 0.29) is 11.9 Å². The highest BCUT2D eigenvalue weighted by Gasteiger charge is 2.34. The van der Waals surface area contributed by atoms with Crippen LogP contribution in [0.1, 0.15) is 38.8 Å². The van der Waals surface area contributed by atoms with Crippen molar-refractivity contribution >= 4 is 17.3 Å². The Morgan fingerprint density at radius 2 is 1.78 bits per heavy atom. The van der Waals surface area contributed by atoms with Crippen LogP contribution in [-0.4, -0.2) is 18.5 Å². The number of benzene rings is 2. The molecule has 1 heterocycles. The molecule has 0 spiro atoms. The van der Waals surface area contributed by atoms with E-state index in [0.29, 0.717) is 6.04 Å². The first-order valence-electron chi connectivity index (χ1n) is 8.34. The van der Waals surface area contributed by atoms with E-state index in [4.69, 9.17) is 0 Å². The van der Waals surface area contributed by atoms with Crippen molar-refractivity contribution in [2.45, 2.75) is 39.3 Å². The van der Waals surface area contributed by atoms with Crippen LogP contribution in [0.2, 0.25) is 0 Å². The molecule has 1 aliphatic rings. The van der Waals surface area contributed by atoms with Crippen LogP contribution in [0.25, 0.3) is 0 Å². The molecule has 0 fully saturated rings. The second-order valence-corrected chi connectivity index (χ2v) is 6.17. The van der Waals surface area contributed by atoms with Crippen molar-refractivity contribution in [3.05, 3.63) is 60.2 Å². The van der Waals surface area contributed by atoms with Gasteiger partial charge in [-0.05, 0) is 44.0 Å². The van der Waals surface area contributed by atoms with E-state index in [2.05, 4.69) is 43.0 Å². The van der Waals surface area contributed by atoms with Crippen molar-refractivity contribution in [3.8, 4) is 0 Å². The molecule has 23 heavy (non-hydrogen) atoms. The van der Waals surface area contributed by atoms with E-state index < -0.39 is 0 Å². The molecule has 0 radical (unpaired) electrons. The van der Waals surface area contributed by atoms with Crippen molar-refractivity contribution in [3.63, 3.8) is 0 Å². The van der Waals surface area contributed by atoms with Gasteiger partial charge in [-0.15, -0.1) is 0 Å². The number of fused-ring (bicyclic) bond motifs is 1. The molecule has 1 aliphatic heterocycles. The molecule has 3 rings (SSSR count). The maximum absolute atomic E-state index is 12.4. The monoisotopic (exact) mass is 308 g/mol. The summed E-state index contributed by atoms with van der Waals surface area (Å²) in [5, 5.41) is 0. The summed E-state index contributed by atoms with van der Waals surface area (Å²) in [7, 11) is 0. The molecule has 2 atom stereocenters. The molecule has 0 bridgehead atoms. The Bertz CT molecular complexity index is 683. The summed E-state index contributed by atoms with van der Waals surface area (Å²) < 4.78 is 0. The number of carbonyl (C=O) groups is 1. The van der Waals surface area contributed by atoms with Gasteiger partial charge in [0, 0.05) is 30.9 Å². The topological polar surface area (TPSA) is 23.6 Å². The Kier molecular flexibility index (Phi) is 4.37. The summed E-state index contributed by atoms with van der Waals surface area (Å²) in [5.74, 6) is 0.0909. The van der Waals surface area contributed by atoms with E-state index in [0.717, 1.165) is 18.7 Å². The number of hydrogen-bond donors (Lipinski definition) is 0. The van der Waals surface area contributed by atoms with Crippen LogP contribution in [0, 0.1) is 0 Å². The molecule has 2 unspecified atom stereocenters. The van der Waals surface area contributed by atoms with Gasteiger partial charge in [0.15, 0.2) is 0 Å². The summed E-state index contributed by atoms with van der Waals surface area (Å²) in [6.45, 7) is 7.08. The van der Waals surface area contributed by atoms with Gasteiger partial charge in [0.2, 0.25) is 5.91 Å². The van der Waals surface area contributed by atoms with Gasteiger partial charge in [0.25, 0.3) is 0 Å². The Hall–Kier alpha value is -2.29. The van der Waals surface area contributed by atoms with Crippen molar-refractivity contribution in [1.29, 1.82) is 0 Å². The molecule has 2 aromatic carbocycles. The van der Waals surface area contributed by atoms with Crippen molar-refractivity contribution in [1.82, 2.24) is 0 Å². The SMILES string of the molecule is CCN1c2ccccc2C(N(C(C)=O)c2ccccc2)CC1C. The molecule has 0 aromatic heterocycles. The number of amides is 1. The van der Waals surface area contributed by atoms with Gasteiger partial charge in [-0.2, -0.15) is 0 Å². The lowest BCUT2D eigenvalue weighted by Crippen LogP contribution is -2.44. The van der Waals surface area contributed by atoms with Crippen LogP contribution in [0.15, 0.2) is 54.6 Å². The van der Waals surface area contributed by atoms with Gasteiger partial charge in [0.1, 0.15) is 0 Å². The lowest BCUT2D eigenvalue weighted by Gasteiger charge is -2.44. The van der Waals surface area contributed by atoms with Gasteiger partial charge in [-0.25, -0.2) is 0 Å². The molecule has 0 saturated heterocycles. The molecule has 2 aromatic rings. The van der Waals surface area contributed by atoms with Gasteiger partial charge in [0.05, 0.1) is 6.04 Å². The summed E-state index contributed by atoms with van der Waals surface area (Å²) in [6.07, 6.45) is 0.944. The number of anilines is 2. The number of carbonyl (C=O) groups excluding carboxylic acids is 1. The van der Waals surface area contributed by atoms with E-state index in [1.54, 1.807) is 6.92 Å². The highest BCUT2D eigenvalue weighted by molar-refractivity contribution is 5.92. The minimum atomic E-state index is 0.0869. The predicted octanol–water partition coefficient (Wildman–Crippen LogP) is 4.40. The molecule has 0 aliphatic carbocycles. The van der Waals surface area contributed by atoms with Gasteiger partial charge >= 0.3 is 0 Å². The summed E-state index contributed by atoms with van der Waals surface area (Å²) in [4.78, 5) is 16.8. The van der Waals surface area contributed by atoms with Gasteiger partial charge in [-0.3, -0.25) is 4.79 Å². The quantitative estimate of drug-likeness (QED) is 0.839. The first kappa shape index (κ1) is 15.6. The minimum Gasteiger partial charge on any atom is -0.369 e. The summed E-state index contributed by atoms with van der Waals surface area (Å²) in [5.41, 5.74) is 3.46. The second-order valence-electron chi connectivity index (χ2n) is 6.17. The fourth-order valence-corrected chi connectivity index (χ4v) is 3.74. The van der Waals surface area contributed by atoms with Crippen molar-refractivity contribution in [2.24, 2.45) is 0 Å². The third kappa shape index (κ3) is 2.83. The first-order chi connectivity index (χ1) is 11.1. The van der Waals surface area contributed by atoms with E-state index in [1.165, 1.54) is 11.3 Å². The maximum Gasteiger partial charge on any atom is 0.224 e. The number of nitrogens with zero attached hydrogens (tertiary/aromatic N) is 2. The van der Waals surface area contributed by atoms with Crippen LogP contribution in [0.5, 0.6) is 0 Å². The highest BCUT2D eigenvalue weighted by Crippen LogP contribution is 2.41. The van der Waals surface area contributed by atoms with Gasteiger partial charge in [-0.1, -0.05) is 36.4 Å². The Morgan fingerprint density at radius 1 is 1.13 bits per heavy atom. The molecule has 120 valence electrons. The zero-order valence-electron chi connectivity index (χ0n) is 14.1. The number of para-hydroxylation sites is 2. The molecule has 0 saturated carbocycles. The van der Waals surface area contributed by atoms with Crippen LogP contribution < -0.4 is 9.80 Å². The van der Waals surface area contributed by atoms with Crippen LogP contribution in [0.4, 0.5) is 11.4 Å². The largest absolute Gasteiger partial charge is 0.369 e. The van der Waals surface area contributed by atoms with Gasteiger partial charge < -0.3 is 9.80 Å². The standard InChI is InChI=1S/C20H24N2O/c1-4-21-15(2)14-20(18-12-8-9-13-19(18)21)22(16(3)23)17-10-6-5-7-11-17/h5-13,15,20H,4,14H2,1-3H3. The third-order valence-electron chi connectivity index (χ3n) is 4.73. The smallest absolute Gasteiger partial charge is 0.224 e. The van der Waals surface area contributed by atoms with Crippen molar-refractivity contribution < 1.29 is 4.79 Å². The van der Waals surface area contributed by atoms with E-state index >= 15 is 0 Å². The average Bonchev–Trinajstić information content (AvgIpc) is 2.56. The van der Waals surface area contributed by atoms with E-state index in [9.17, 15) is 4.79 Å². The van der Waals surface area contributed by atoms with Crippen LogP contribution >= 0.6 is 0 Å². The van der Waals surface area contributed by atoms with E-state index in [1.807, 2.05) is 35.2 Å². The molecule has 3 heteroatoms. The zero-order valence-corrected chi connectivity index (χ0v) is 14.1. The number of hydrogen-bond acceptors (Lipinski definition) is 2. The zero-order chi connectivity index (χ0) is 16.4. The fourth-order valence-electron chi connectivity index (χ4n) is 3.74. The van der Waals surface area contributed by atoms with Crippen LogP contribution in [-0.2, 0) is 4.79 Å². The molecule has 1 amide bonds. The number of rotatable bonds is 3. The third-order valence-corrected chi connectivity index (χ3v) is 4.73. The lowest BCUT2D eigenvalue weighted by molar-refractivity contribution is -0.117. The maximum atomic E-state index is 12.4. The Balaban J connectivity index is 2.09. The fraction of sp³-hybridized carbons (Fsp3) is 0.350. The molecule has 0 N–H and O–H groups in total. The summed E-state index contributed by atoms with van der Waals surface area (Å²) >= 11 is 0. The predicted molar refractivity (Wildman–Crippen MR) is 95.9 cm³/mol. The molecule has 3 nitrogen and oxygen atoms in total. The Morgan fingerprint density at radius 3 is 2.43 bits per heavy atom. The first-order valence-corrected chi connectivity index (χ1v) is 8.34. The average molecular weight is 308 g/mol. The summed E-state index contributed by atoms with van der Waals surface area (Å²) in [6, 6.07) is 19.0. The Labute approximate surface area is 138 Å². The second kappa shape index (κ2) is 6.45. The minimum absolute atomic E-state index is 0.0869.